The number of hydrogen-bond donors (Lipinski definition) is 0. The van der Waals surface area contributed by atoms with Crippen LogP contribution in [0.15, 0.2) is 54.1 Å². The maximum atomic E-state index is 6.26. The quantitative estimate of drug-likeness (QED) is 0.792. The number of fused-ring (bicyclic) bond motifs is 1. The van der Waals surface area contributed by atoms with Crippen LogP contribution in [0.2, 0.25) is 5.02 Å². The van der Waals surface area contributed by atoms with Gasteiger partial charge in [-0.3, -0.25) is 0 Å². The van der Waals surface area contributed by atoms with E-state index in [0.29, 0.717) is 5.02 Å². The molecule has 0 amide bonds. The van der Waals surface area contributed by atoms with Gasteiger partial charge in [0.1, 0.15) is 5.75 Å². The number of halogens is 1. The van der Waals surface area contributed by atoms with Gasteiger partial charge in [-0.25, -0.2) is 0 Å². The summed E-state index contributed by atoms with van der Waals surface area (Å²) in [6, 6.07) is 15.6. The molecule has 0 N–H and O–H groups in total. The summed E-state index contributed by atoms with van der Waals surface area (Å²) in [4.78, 5) is 0. The Morgan fingerprint density at radius 1 is 1.14 bits per heavy atom. The van der Waals surface area contributed by atoms with Crippen LogP contribution >= 0.6 is 11.6 Å². The van der Waals surface area contributed by atoms with E-state index in [-0.39, 0.29) is 0 Å². The Bertz CT molecular complexity index is 679. The first kappa shape index (κ1) is 14.2. The molecular formula is C18H17ClO2. The molecule has 1 heterocycles. The summed E-state index contributed by atoms with van der Waals surface area (Å²) in [7, 11) is 1.68. The predicted molar refractivity (Wildman–Crippen MR) is 85.5 cm³/mol. The summed E-state index contributed by atoms with van der Waals surface area (Å²) < 4.78 is 12.1. The van der Waals surface area contributed by atoms with Gasteiger partial charge in [-0.15, -0.1) is 0 Å². The zero-order valence-corrected chi connectivity index (χ0v) is 12.9. The Morgan fingerprint density at radius 3 is 2.57 bits per heavy atom. The third-order valence-electron chi connectivity index (χ3n) is 3.80. The molecule has 2 nitrogen and oxygen atoms in total. The van der Waals surface area contributed by atoms with Crippen molar-refractivity contribution in [3.63, 3.8) is 0 Å². The Kier molecular flexibility index (Phi) is 3.75. The van der Waals surface area contributed by atoms with Crippen molar-refractivity contribution in [2.45, 2.75) is 19.1 Å². The minimum Gasteiger partial charge on any atom is -0.453 e. The lowest BCUT2D eigenvalue weighted by Gasteiger charge is -2.38. The normalized spacial score (nSPS) is 20.4. The fourth-order valence-electron chi connectivity index (χ4n) is 2.76. The first-order valence-corrected chi connectivity index (χ1v) is 7.37. The highest BCUT2D eigenvalue weighted by atomic mass is 35.5. The van der Waals surface area contributed by atoms with Crippen LogP contribution in [0, 0.1) is 0 Å². The summed E-state index contributed by atoms with van der Waals surface area (Å²) in [6.45, 7) is 2.10. The second-order valence-electron chi connectivity index (χ2n) is 4.99. The van der Waals surface area contributed by atoms with Crippen LogP contribution in [0.25, 0.3) is 6.08 Å². The number of benzene rings is 2. The van der Waals surface area contributed by atoms with Crippen molar-refractivity contribution >= 4 is 17.7 Å². The van der Waals surface area contributed by atoms with Crippen molar-refractivity contribution in [2.24, 2.45) is 0 Å². The van der Waals surface area contributed by atoms with E-state index in [2.05, 4.69) is 13.0 Å². The highest BCUT2D eigenvalue weighted by molar-refractivity contribution is 6.30. The topological polar surface area (TPSA) is 18.5 Å². The molecule has 1 atom stereocenters. The van der Waals surface area contributed by atoms with E-state index in [1.165, 1.54) is 0 Å². The maximum absolute atomic E-state index is 6.26. The van der Waals surface area contributed by atoms with Crippen LogP contribution in [0.3, 0.4) is 0 Å². The summed E-state index contributed by atoms with van der Waals surface area (Å²) in [5.41, 5.74) is 3.05. The van der Waals surface area contributed by atoms with Crippen molar-refractivity contribution in [3.05, 3.63) is 70.3 Å². The molecule has 3 heteroatoms. The second-order valence-corrected chi connectivity index (χ2v) is 5.43. The molecule has 0 fully saturated rings. The van der Waals surface area contributed by atoms with Gasteiger partial charge in [0.15, 0.2) is 0 Å². The molecule has 2 aromatic carbocycles. The molecule has 0 saturated heterocycles. The van der Waals surface area contributed by atoms with E-state index in [1.54, 1.807) is 7.11 Å². The first-order valence-electron chi connectivity index (χ1n) is 7.00. The van der Waals surface area contributed by atoms with Gasteiger partial charge in [-0.05, 0) is 30.7 Å². The highest BCUT2D eigenvalue weighted by Crippen LogP contribution is 2.44. The van der Waals surface area contributed by atoms with Gasteiger partial charge in [-0.1, -0.05) is 48.9 Å². The minimum atomic E-state index is -0.864. The molecule has 0 bridgehead atoms. The van der Waals surface area contributed by atoms with Crippen molar-refractivity contribution < 1.29 is 9.47 Å². The van der Waals surface area contributed by atoms with Crippen LogP contribution in [-0.4, -0.2) is 7.11 Å². The third kappa shape index (κ3) is 2.35. The summed E-state index contributed by atoms with van der Waals surface area (Å²) in [6.07, 6.45) is 2.94. The smallest absolute Gasteiger partial charge is 0.260 e. The summed E-state index contributed by atoms with van der Waals surface area (Å²) in [5.74, 6) is -0.0843. The lowest BCUT2D eigenvalue weighted by atomic mass is 9.91. The number of ether oxygens (including phenoxy) is 2. The molecule has 0 aromatic heterocycles. The van der Waals surface area contributed by atoms with Gasteiger partial charge in [0.25, 0.3) is 5.79 Å². The highest BCUT2D eigenvalue weighted by Gasteiger charge is 2.41. The van der Waals surface area contributed by atoms with Crippen LogP contribution in [-0.2, 0) is 10.5 Å². The SMILES string of the molecule is CCC1=Cc2cc(Cl)ccc2OC1(OC)c1ccccc1. The van der Waals surface area contributed by atoms with Crippen LogP contribution in [0.1, 0.15) is 24.5 Å². The molecule has 0 aliphatic carbocycles. The fraction of sp³-hybridized carbons (Fsp3) is 0.222. The van der Waals surface area contributed by atoms with Gasteiger partial charge in [0.05, 0.1) is 0 Å². The van der Waals surface area contributed by atoms with Gasteiger partial charge >= 0.3 is 0 Å². The predicted octanol–water partition coefficient (Wildman–Crippen LogP) is 5.03. The van der Waals surface area contributed by atoms with E-state index < -0.39 is 5.79 Å². The Hall–Kier alpha value is -1.77. The van der Waals surface area contributed by atoms with Crippen molar-refractivity contribution in [1.82, 2.24) is 0 Å². The van der Waals surface area contributed by atoms with Crippen LogP contribution in [0.5, 0.6) is 5.75 Å². The Labute approximate surface area is 130 Å². The Morgan fingerprint density at radius 2 is 1.90 bits per heavy atom. The van der Waals surface area contributed by atoms with Gasteiger partial charge in [0.2, 0.25) is 0 Å². The van der Waals surface area contributed by atoms with E-state index in [0.717, 1.165) is 28.9 Å². The Balaban J connectivity index is 2.17. The van der Waals surface area contributed by atoms with E-state index in [4.69, 9.17) is 21.1 Å². The molecule has 108 valence electrons. The molecule has 0 saturated carbocycles. The van der Waals surface area contributed by atoms with E-state index in [1.807, 2.05) is 48.5 Å². The maximum Gasteiger partial charge on any atom is 0.260 e. The zero-order valence-electron chi connectivity index (χ0n) is 12.1. The average molecular weight is 301 g/mol. The van der Waals surface area contributed by atoms with Crippen molar-refractivity contribution in [1.29, 1.82) is 0 Å². The largest absolute Gasteiger partial charge is 0.453 e. The van der Waals surface area contributed by atoms with E-state index >= 15 is 0 Å². The second kappa shape index (κ2) is 5.55. The minimum absolute atomic E-state index is 0.702. The molecule has 3 rings (SSSR count). The molecular weight excluding hydrogens is 284 g/mol. The lowest BCUT2D eigenvalue weighted by Crippen LogP contribution is -2.39. The van der Waals surface area contributed by atoms with Crippen molar-refractivity contribution in [2.75, 3.05) is 7.11 Å². The third-order valence-corrected chi connectivity index (χ3v) is 4.04. The number of rotatable bonds is 3. The number of hydrogen-bond acceptors (Lipinski definition) is 2. The molecule has 0 spiro atoms. The van der Waals surface area contributed by atoms with Gasteiger partial charge in [-0.2, -0.15) is 0 Å². The summed E-state index contributed by atoms with van der Waals surface area (Å²) in [5, 5.41) is 0.702. The van der Waals surface area contributed by atoms with E-state index in [9.17, 15) is 0 Å². The average Bonchev–Trinajstić information content (AvgIpc) is 2.54. The summed E-state index contributed by atoms with van der Waals surface area (Å²) >= 11 is 6.07. The molecule has 1 aliphatic rings. The molecule has 0 radical (unpaired) electrons. The monoisotopic (exact) mass is 300 g/mol. The molecule has 1 aliphatic heterocycles. The first-order chi connectivity index (χ1) is 10.2. The molecule has 1 unspecified atom stereocenters. The number of methoxy groups -OCH3 is 1. The van der Waals surface area contributed by atoms with Gasteiger partial charge in [0, 0.05) is 28.8 Å². The van der Waals surface area contributed by atoms with Crippen molar-refractivity contribution in [3.8, 4) is 5.75 Å². The lowest BCUT2D eigenvalue weighted by molar-refractivity contribution is -0.144. The van der Waals surface area contributed by atoms with Crippen LogP contribution < -0.4 is 4.74 Å². The fourth-order valence-corrected chi connectivity index (χ4v) is 2.94. The van der Waals surface area contributed by atoms with Gasteiger partial charge < -0.3 is 9.47 Å². The molecule has 21 heavy (non-hydrogen) atoms. The zero-order chi connectivity index (χ0) is 14.9. The van der Waals surface area contributed by atoms with Crippen LogP contribution in [0.4, 0.5) is 0 Å². The standard InChI is InChI=1S/C18H17ClO2/c1-3-14-11-13-12-16(19)9-10-17(13)21-18(14,20-2)15-7-5-4-6-8-15/h4-12H,3H2,1-2H3. The molecule has 2 aromatic rings.